The molecule has 1 aromatic carbocycles. The lowest BCUT2D eigenvalue weighted by atomic mass is 9.87. The molecule has 2 aliphatic rings. The van der Waals surface area contributed by atoms with E-state index in [4.69, 9.17) is 0 Å². The van der Waals surface area contributed by atoms with Crippen LogP contribution in [0, 0.1) is 0 Å². The van der Waals surface area contributed by atoms with E-state index < -0.39 is 6.04 Å². The molecule has 2 heterocycles. The Morgan fingerprint density at radius 3 is 2.29 bits per heavy atom. The number of likely N-dealkylation sites (tertiary alicyclic amines) is 1. The number of amides is 2. The zero-order valence-corrected chi connectivity index (χ0v) is 21.0. The third-order valence-corrected chi connectivity index (χ3v) is 7.28. The van der Waals surface area contributed by atoms with E-state index in [2.05, 4.69) is 48.1 Å². The summed E-state index contributed by atoms with van der Waals surface area (Å²) in [5.41, 5.74) is 2.66. The highest BCUT2D eigenvalue weighted by Gasteiger charge is 2.41. The van der Waals surface area contributed by atoms with Crippen LogP contribution in [0.15, 0.2) is 48.8 Å². The number of carbonyl (C=O) groups is 2. The second kappa shape index (κ2) is 10.3. The average Bonchev–Trinajstić information content (AvgIpc) is 2.82. The molecule has 2 atom stereocenters. The molecule has 34 heavy (non-hydrogen) atoms. The van der Waals surface area contributed by atoms with Gasteiger partial charge in [0.1, 0.15) is 6.04 Å². The van der Waals surface area contributed by atoms with Gasteiger partial charge in [0.25, 0.3) is 0 Å². The van der Waals surface area contributed by atoms with Crippen LogP contribution in [0.25, 0.3) is 0 Å². The fraction of sp³-hybridized carbons (Fsp3) is 0.536. The molecule has 1 saturated heterocycles. The van der Waals surface area contributed by atoms with Crippen molar-refractivity contribution >= 4 is 17.5 Å². The van der Waals surface area contributed by atoms with Crippen molar-refractivity contribution in [3.05, 3.63) is 59.9 Å². The van der Waals surface area contributed by atoms with Crippen LogP contribution < -0.4 is 10.2 Å². The molecule has 1 aromatic heterocycles. The van der Waals surface area contributed by atoms with Gasteiger partial charge in [-0.2, -0.15) is 0 Å². The molecule has 2 amide bonds. The maximum absolute atomic E-state index is 13.9. The van der Waals surface area contributed by atoms with Crippen LogP contribution in [0.3, 0.4) is 0 Å². The fourth-order valence-electron chi connectivity index (χ4n) is 5.00. The molecule has 1 unspecified atom stereocenters. The summed E-state index contributed by atoms with van der Waals surface area (Å²) >= 11 is 0. The first-order valence-electron chi connectivity index (χ1n) is 12.6. The largest absolute Gasteiger partial charge is 0.351 e. The molecule has 2 fully saturated rings. The van der Waals surface area contributed by atoms with Gasteiger partial charge in [-0.1, -0.05) is 58.2 Å². The number of hydrogen-bond donors (Lipinski definition) is 1. The van der Waals surface area contributed by atoms with E-state index in [0.717, 1.165) is 49.9 Å². The van der Waals surface area contributed by atoms with Gasteiger partial charge < -0.3 is 5.32 Å². The van der Waals surface area contributed by atoms with Crippen LogP contribution in [-0.4, -0.2) is 47.4 Å². The van der Waals surface area contributed by atoms with Gasteiger partial charge in [0.05, 0.1) is 6.04 Å². The molecule has 6 nitrogen and oxygen atoms in total. The van der Waals surface area contributed by atoms with Gasteiger partial charge in [-0.25, -0.2) is 0 Å². The summed E-state index contributed by atoms with van der Waals surface area (Å²) < 4.78 is 0. The Morgan fingerprint density at radius 2 is 1.76 bits per heavy atom. The predicted molar refractivity (Wildman–Crippen MR) is 136 cm³/mol. The SMILES string of the molecule is CN1CC[C@@H]1C(=O)N(c1ccc(C(C)(C)C)cc1)C(C(=O)NC1CCCCC1)c1cccnc1. The van der Waals surface area contributed by atoms with Gasteiger partial charge in [-0.15, -0.1) is 0 Å². The number of likely N-dealkylation sites (N-methyl/N-ethyl adjacent to an activating group) is 1. The highest BCUT2D eigenvalue weighted by atomic mass is 16.2. The van der Waals surface area contributed by atoms with Gasteiger partial charge >= 0.3 is 0 Å². The summed E-state index contributed by atoms with van der Waals surface area (Å²) in [6.07, 6.45) is 9.67. The first-order valence-corrected chi connectivity index (χ1v) is 12.6. The van der Waals surface area contributed by atoms with Crippen molar-refractivity contribution in [1.82, 2.24) is 15.2 Å². The van der Waals surface area contributed by atoms with Crippen molar-refractivity contribution in [1.29, 1.82) is 0 Å². The van der Waals surface area contributed by atoms with Crippen molar-refractivity contribution in [2.24, 2.45) is 0 Å². The Balaban J connectivity index is 1.74. The molecule has 182 valence electrons. The number of benzene rings is 1. The molecular formula is C28H38N4O2. The predicted octanol–water partition coefficient (Wildman–Crippen LogP) is 4.61. The molecule has 2 aromatic rings. The van der Waals surface area contributed by atoms with Crippen LogP contribution in [-0.2, 0) is 15.0 Å². The first-order chi connectivity index (χ1) is 16.3. The van der Waals surface area contributed by atoms with Crippen molar-refractivity contribution in [2.75, 3.05) is 18.5 Å². The third kappa shape index (κ3) is 5.33. The molecule has 0 radical (unpaired) electrons. The number of rotatable bonds is 6. The van der Waals surface area contributed by atoms with E-state index in [9.17, 15) is 9.59 Å². The number of hydrogen-bond acceptors (Lipinski definition) is 4. The lowest BCUT2D eigenvalue weighted by Gasteiger charge is -2.42. The van der Waals surface area contributed by atoms with Gasteiger partial charge in [-0.3, -0.25) is 24.4 Å². The van der Waals surface area contributed by atoms with Gasteiger partial charge in [-0.05, 0) is 55.5 Å². The average molecular weight is 463 g/mol. The summed E-state index contributed by atoms with van der Waals surface area (Å²) in [6, 6.07) is 11.0. The highest BCUT2D eigenvalue weighted by molar-refractivity contribution is 6.04. The summed E-state index contributed by atoms with van der Waals surface area (Å²) in [4.78, 5) is 35.8. The Kier molecular flexibility index (Phi) is 7.36. The van der Waals surface area contributed by atoms with Gasteiger partial charge in [0, 0.05) is 36.2 Å². The number of nitrogens with zero attached hydrogens (tertiary/aromatic N) is 3. The standard InChI is InChI=1S/C28H38N4O2/c1-28(2,3)21-12-14-23(15-13-21)32(27(34)24-16-18-31(24)4)25(20-9-8-17-29-19-20)26(33)30-22-10-6-5-7-11-22/h8-9,12-15,17,19,22,24-25H,5-7,10-11,16,18H2,1-4H3,(H,30,33)/t24-,25?/m1/s1. The molecule has 1 aliphatic carbocycles. The van der Waals surface area contributed by atoms with Crippen molar-refractivity contribution in [3.8, 4) is 0 Å². The molecule has 0 bridgehead atoms. The number of carbonyl (C=O) groups excluding carboxylic acids is 2. The third-order valence-electron chi connectivity index (χ3n) is 7.28. The van der Waals surface area contributed by atoms with Crippen LogP contribution in [0.1, 0.15) is 76.5 Å². The van der Waals surface area contributed by atoms with Crippen molar-refractivity contribution in [3.63, 3.8) is 0 Å². The summed E-state index contributed by atoms with van der Waals surface area (Å²) in [5, 5.41) is 3.27. The van der Waals surface area contributed by atoms with Crippen LogP contribution >= 0.6 is 0 Å². The number of nitrogens with one attached hydrogen (secondary N) is 1. The lowest BCUT2D eigenvalue weighted by molar-refractivity contribution is -0.131. The van der Waals surface area contributed by atoms with E-state index in [1.807, 2.05) is 31.3 Å². The molecule has 1 N–H and O–H groups in total. The molecule has 1 saturated carbocycles. The van der Waals surface area contributed by atoms with E-state index in [1.165, 1.54) is 12.0 Å². The molecule has 1 aliphatic heterocycles. The van der Waals surface area contributed by atoms with Crippen molar-refractivity contribution < 1.29 is 9.59 Å². The summed E-state index contributed by atoms with van der Waals surface area (Å²) in [7, 11) is 1.97. The first kappa shape index (κ1) is 24.4. The quantitative estimate of drug-likeness (QED) is 0.681. The number of pyridine rings is 1. The van der Waals surface area contributed by atoms with Crippen LogP contribution in [0.2, 0.25) is 0 Å². The maximum Gasteiger partial charge on any atom is 0.248 e. The minimum absolute atomic E-state index is 0.00265. The van der Waals surface area contributed by atoms with Crippen LogP contribution in [0.4, 0.5) is 5.69 Å². The Hall–Kier alpha value is -2.73. The van der Waals surface area contributed by atoms with E-state index in [0.29, 0.717) is 0 Å². The van der Waals surface area contributed by atoms with Gasteiger partial charge in [0.15, 0.2) is 0 Å². The zero-order valence-electron chi connectivity index (χ0n) is 21.0. The minimum atomic E-state index is -0.766. The van der Waals surface area contributed by atoms with E-state index >= 15 is 0 Å². The minimum Gasteiger partial charge on any atom is -0.351 e. The Labute approximate surface area is 203 Å². The Bertz CT molecular complexity index is 978. The Morgan fingerprint density at radius 1 is 1.06 bits per heavy atom. The molecular weight excluding hydrogens is 424 g/mol. The van der Waals surface area contributed by atoms with E-state index in [1.54, 1.807) is 17.3 Å². The summed E-state index contributed by atoms with van der Waals surface area (Å²) in [5.74, 6) is -0.167. The van der Waals surface area contributed by atoms with Crippen LogP contribution in [0.5, 0.6) is 0 Å². The molecule has 0 spiro atoms. The number of anilines is 1. The number of aromatic nitrogens is 1. The fourth-order valence-corrected chi connectivity index (χ4v) is 5.00. The smallest absolute Gasteiger partial charge is 0.248 e. The normalized spacial score (nSPS) is 20.3. The molecule has 6 heteroatoms. The monoisotopic (exact) mass is 462 g/mol. The highest BCUT2D eigenvalue weighted by Crippen LogP contribution is 2.33. The van der Waals surface area contributed by atoms with Crippen molar-refractivity contribution in [2.45, 2.75) is 82.8 Å². The van der Waals surface area contributed by atoms with E-state index in [-0.39, 0.29) is 29.3 Å². The second-order valence-electron chi connectivity index (χ2n) is 10.8. The topological polar surface area (TPSA) is 65.5 Å². The zero-order chi connectivity index (χ0) is 24.3. The maximum atomic E-state index is 13.9. The van der Waals surface area contributed by atoms with Gasteiger partial charge in [0.2, 0.25) is 11.8 Å². The second-order valence-corrected chi connectivity index (χ2v) is 10.8. The lowest BCUT2D eigenvalue weighted by Crippen LogP contribution is -2.58. The summed E-state index contributed by atoms with van der Waals surface area (Å²) in [6.45, 7) is 7.40. The molecule has 4 rings (SSSR count).